The number of sulfonamides is 1. The fraction of sp³-hybridized carbons (Fsp3) is 0.263. The van der Waals surface area contributed by atoms with Gasteiger partial charge in [-0.3, -0.25) is 0 Å². The smallest absolute Gasteiger partial charge is 0.252 e. The van der Waals surface area contributed by atoms with Crippen LogP contribution in [0.1, 0.15) is 16.9 Å². The summed E-state index contributed by atoms with van der Waals surface area (Å²) in [7, 11) is -1.75. The molecule has 4 rings (SSSR count). The molecule has 2 aromatic heterocycles. The number of aromatic nitrogens is 1. The second kappa shape index (κ2) is 6.57. The van der Waals surface area contributed by atoms with E-state index < -0.39 is 10.0 Å². The summed E-state index contributed by atoms with van der Waals surface area (Å²) in [5.41, 5.74) is 3.33. The molecule has 0 unspecified atom stereocenters. The highest BCUT2D eigenvalue weighted by molar-refractivity contribution is 7.91. The van der Waals surface area contributed by atoms with Crippen LogP contribution in [0.3, 0.4) is 0 Å². The summed E-state index contributed by atoms with van der Waals surface area (Å²) in [5, 5.41) is 1.10. The van der Waals surface area contributed by atoms with Crippen LogP contribution in [0.15, 0.2) is 46.8 Å². The number of benzene rings is 1. The molecule has 0 spiro atoms. The summed E-state index contributed by atoms with van der Waals surface area (Å²) in [4.78, 5) is 4.28. The Morgan fingerprint density at radius 1 is 1.23 bits per heavy atom. The third kappa shape index (κ3) is 2.96. The highest BCUT2D eigenvalue weighted by atomic mass is 32.2. The summed E-state index contributed by atoms with van der Waals surface area (Å²) in [5.74, 6) is 0.812. The lowest BCUT2D eigenvalue weighted by molar-refractivity contribution is 0.415. The minimum Gasteiger partial charge on any atom is -0.497 e. The molecule has 0 radical (unpaired) electrons. The van der Waals surface area contributed by atoms with Crippen LogP contribution in [0.4, 0.5) is 0 Å². The molecule has 0 atom stereocenters. The van der Waals surface area contributed by atoms with Crippen molar-refractivity contribution in [3.8, 4) is 5.75 Å². The quantitative estimate of drug-likeness (QED) is 0.734. The number of hydrogen-bond donors (Lipinski definition) is 1. The van der Waals surface area contributed by atoms with Crippen LogP contribution in [0.25, 0.3) is 16.5 Å². The first kappa shape index (κ1) is 17.3. The Morgan fingerprint density at radius 2 is 2.08 bits per heavy atom. The van der Waals surface area contributed by atoms with Gasteiger partial charge < -0.3 is 9.72 Å². The molecule has 0 bridgehead atoms. The zero-order valence-corrected chi connectivity index (χ0v) is 16.3. The number of aromatic amines is 1. The van der Waals surface area contributed by atoms with Crippen molar-refractivity contribution >= 4 is 37.8 Å². The van der Waals surface area contributed by atoms with E-state index in [-0.39, 0.29) is 0 Å². The molecule has 136 valence electrons. The molecule has 0 fully saturated rings. The molecule has 0 saturated heterocycles. The zero-order valence-electron chi connectivity index (χ0n) is 14.7. The number of fused-ring (bicyclic) bond motifs is 1. The third-order valence-corrected chi connectivity index (χ3v) is 8.05. The van der Waals surface area contributed by atoms with Crippen LogP contribution in [0.5, 0.6) is 5.75 Å². The first-order chi connectivity index (χ1) is 12.5. The van der Waals surface area contributed by atoms with Gasteiger partial charge in [-0.1, -0.05) is 6.08 Å². The minimum atomic E-state index is -3.41. The Hall–Kier alpha value is -2.09. The summed E-state index contributed by atoms with van der Waals surface area (Å²) < 4.78 is 32.8. The molecular weight excluding hydrogens is 368 g/mol. The van der Waals surface area contributed by atoms with E-state index in [1.165, 1.54) is 16.9 Å². The monoisotopic (exact) mass is 388 g/mol. The summed E-state index contributed by atoms with van der Waals surface area (Å²) in [6.07, 6.45) is 4.69. The molecule has 1 aliphatic rings. The number of aryl methyl sites for hydroxylation is 1. The van der Waals surface area contributed by atoms with Crippen LogP contribution in [0.2, 0.25) is 0 Å². The molecule has 3 heterocycles. The topological polar surface area (TPSA) is 62.4 Å². The van der Waals surface area contributed by atoms with Crippen molar-refractivity contribution in [3.05, 3.63) is 53.0 Å². The summed E-state index contributed by atoms with van der Waals surface area (Å²) in [6, 6.07) is 9.48. The van der Waals surface area contributed by atoms with Crippen LogP contribution in [-0.2, 0) is 10.0 Å². The van der Waals surface area contributed by atoms with E-state index in [2.05, 4.69) is 4.98 Å². The second-order valence-corrected chi connectivity index (χ2v) is 9.77. The van der Waals surface area contributed by atoms with Gasteiger partial charge in [-0.2, -0.15) is 4.31 Å². The number of hydrogen-bond acceptors (Lipinski definition) is 4. The predicted molar refractivity (Wildman–Crippen MR) is 105 cm³/mol. The van der Waals surface area contributed by atoms with Crippen LogP contribution in [-0.4, -0.2) is 37.9 Å². The molecule has 0 aliphatic carbocycles. The first-order valence-electron chi connectivity index (χ1n) is 8.40. The largest absolute Gasteiger partial charge is 0.497 e. The number of thiophene rings is 1. The summed E-state index contributed by atoms with van der Waals surface area (Å²) in [6.45, 7) is 2.80. The maximum Gasteiger partial charge on any atom is 0.252 e. The average Bonchev–Trinajstić information content (AvgIpc) is 3.27. The third-order valence-electron chi connectivity index (χ3n) is 4.72. The highest BCUT2D eigenvalue weighted by Crippen LogP contribution is 2.33. The van der Waals surface area contributed by atoms with E-state index >= 15 is 0 Å². The van der Waals surface area contributed by atoms with Crippen LogP contribution < -0.4 is 4.74 Å². The number of H-pyrrole nitrogens is 1. The summed E-state index contributed by atoms with van der Waals surface area (Å²) >= 11 is 1.32. The lowest BCUT2D eigenvalue weighted by Crippen LogP contribution is -2.34. The Balaban J connectivity index is 1.62. The molecular formula is C19H20N2O3S2. The van der Waals surface area contributed by atoms with Crippen molar-refractivity contribution in [2.45, 2.75) is 17.6 Å². The van der Waals surface area contributed by atoms with Gasteiger partial charge in [0, 0.05) is 40.6 Å². The molecule has 3 aromatic rings. The van der Waals surface area contributed by atoms with Gasteiger partial charge >= 0.3 is 0 Å². The highest BCUT2D eigenvalue weighted by Gasteiger charge is 2.28. The van der Waals surface area contributed by atoms with Crippen molar-refractivity contribution in [2.75, 3.05) is 20.2 Å². The number of methoxy groups -OCH3 is 1. The van der Waals surface area contributed by atoms with Gasteiger partial charge in [0.1, 0.15) is 9.96 Å². The molecule has 7 heteroatoms. The van der Waals surface area contributed by atoms with Crippen LogP contribution >= 0.6 is 11.3 Å². The van der Waals surface area contributed by atoms with E-state index in [0.29, 0.717) is 23.7 Å². The average molecular weight is 389 g/mol. The Bertz CT molecular complexity index is 1090. The van der Waals surface area contributed by atoms with Gasteiger partial charge in [-0.15, -0.1) is 11.3 Å². The van der Waals surface area contributed by atoms with Crippen molar-refractivity contribution in [1.82, 2.24) is 9.29 Å². The number of rotatable bonds is 4. The van der Waals surface area contributed by atoms with E-state index in [0.717, 1.165) is 27.1 Å². The number of ether oxygens (including phenoxy) is 1. The van der Waals surface area contributed by atoms with Gasteiger partial charge in [0.2, 0.25) is 0 Å². The normalized spacial score (nSPS) is 16.0. The molecule has 5 nitrogen and oxygen atoms in total. The number of nitrogens with one attached hydrogen (secondary N) is 1. The lowest BCUT2D eigenvalue weighted by atomic mass is 9.99. The fourth-order valence-corrected chi connectivity index (χ4v) is 6.10. The standard InChI is InChI=1S/C19H20N2O3S2/c1-13-3-6-19(25-13)26(22,23)21-9-7-14(8-10-21)17-12-20-18-5-4-15(24-2)11-16(17)18/h3-7,11-12,20H,8-10H2,1-2H3. The van der Waals surface area contributed by atoms with Gasteiger partial charge in [-0.25, -0.2) is 8.42 Å². The van der Waals surface area contributed by atoms with Gasteiger partial charge in [0.05, 0.1) is 7.11 Å². The first-order valence-corrected chi connectivity index (χ1v) is 10.7. The van der Waals surface area contributed by atoms with Crippen LogP contribution in [0, 0.1) is 6.92 Å². The Morgan fingerprint density at radius 3 is 2.73 bits per heavy atom. The van der Waals surface area contributed by atoms with E-state index in [9.17, 15) is 8.42 Å². The van der Waals surface area contributed by atoms with E-state index in [4.69, 9.17) is 4.74 Å². The van der Waals surface area contributed by atoms with Crippen molar-refractivity contribution < 1.29 is 13.2 Å². The molecule has 1 aromatic carbocycles. The SMILES string of the molecule is COc1ccc2[nH]cc(C3=CCN(S(=O)(=O)c4ccc(C)s4)CC3)c2c1. The number of nitrogens with zero attached hydrogens (tertiary/aromatic N) is 1. The van der Waals surface area contributed by atoms with Gasteiger partial charge in [0.15, 0.2) is 0 Å². The molecule has 1 aliphatic heterocycles. The predicted octanol–water partition coefficient (Wildman–Crippen LogP) is 4.02. The molecule has 0 amide bonds. The molecule has 26 heavy (non-hydrogen) atoms. The Kier molecular flexibility index (Phi) is 4.38. The van der Waals surface area contributed by atoms with Crippen molar-refractivity contribution in [1.29, 1.82) is 0 Å². The van der Waals surface area contributed by atoms with Gasteiger partial charge in [0.25, 0.3) is 10.0 Å². The fourth-order valence-electron chi connectivity index (χ4n) is 3.28. The lowest BCUT2D eigenvalue weighted by Gasteiger charge is -2.25. The van der Waals surface area contributed by atoms with Crippen molar-refractivity contribution in [2.24, 2.45) is 0 Å². The minimum absolute atomic E-state index is 0.394. The maximum absolute atomic E-state index is 12.8. The van der Waals surface area contributed by atoms with Crippen molar-refractivity contribution in [3.63, 3.8) is 0 Å². The zero-order chi connectivity index (χ0) is 18.3. The Labute approximate surface area is 157 Å². The maximum atomic E-state index is 12.8. The van der Waals surface area contributed by atoms with Gasteiger partial charge in [-0.05, 0) is 49.2 Å². The van der Waals surface area contributed by atoms with E-state index in [1.54, 1.807) is 17.5 Å². The second-order valence-electron chi connectivity index (χ2n) is 6.32. The molecule has 0 saturated carbocycles. The van der Waals surface area contributed by atoms with E-state index in [1.807, 2.05) is 43.5 Å². The molecule has 1 N–H and O–H groups in total.